The van der Waals surface area contributed by atoms with Gasteiger partial charge in [0.05, 0.1) is 11.1 Å². The second kappa shape index (κ2) is 6.93. The summed E-state index contributed by atoms with van der Waals surface area (Å²) in [5.41, 5.74) is 8.69. The van der Waals surface area contributed by atoms with Gasteiger partial charge in [-0.25, -0.2) is 4.79 Å². The van der Waals surface area contributed by atoms with Gasteiger partial charge in [-0.3, -0.25) is 4.79 Å². The lowest BCUT2D eigenvalue weighted by Gasteiger charge is -2.37. The van der Waals surface area contributed by atoms with Crippen LogP contribution < -0.4 is 10.1 Å². The molecule has 32 heavy (non-hydrogen) atoms. The minimum absolute atomic E-state index is 0.0295. The van der Waals surface area contributed by atoms with Gasteiger partial charge in [-0.15, -0.1) is 0 Å². The second-order valence-electron chi connectivity index (χ2n) is 7.17. The van der Waals surface area contributed by atoms with Crippen molar-refractivity contribution in [2.24, 2.45) is 5.11 Å². The summed E-state index contributed by atoms with van der Waals surface area (Å²) in [7, 11) is 0. The number of hydrogen-bond acceptors (Lipinski definition) is 7. The summed E-state index contributed by atoms with van der Waals surface area (Å²) in [4.78, 5) is 27.5. The Hall–Kier alpha value is -4.69. The van der Waals surface area contributed by atoms with Crippen molar-refractivity contribution in [1.29, 1.82) is 0 Å². The monoisotopic (exact) mass is 430 g/mol. The molecular formula is C22H14N4O6. The number of carbonyl (C=O) groups excluding carboxylic acids is 2. The zero-order valence-corrected chi connectivity index (χ0v) is 16.3. The molecule has 1 atom stereocenters. The van der Waals surface area contributed by atoms with Crippen molar-refractivity contribution >= 4 is 17.6 Å². The van der Waals surface area contributed by atoms with Crippen LogP contribution in [-0.4, -0.2) is 28.6 Å². The third-order valence-electron chi connectivity index (χ3n) is 5.39. The van der Waals surface area contributed by atoms with E-state index >= 15 is 0 Å². The maximum Gasteiger partial charge on any atom is 0.340 e. The molecule has 1 spiro atoms. The van der Waals surface area contributed by atoms with Crippen LogP contribution in [0.5, 0.6) is 23.0 Å². The summed E-state index contributed by atoms with van der Waals surface area (Å²) in [5.74, 6) is -1.42. The van der Waals surface area contributed by atoms with Crippen molar-refractivity contribution in [3.63, 3.8) is 0 Å². The molecule has 2 aliphatic rings. The number of benzene rings is 3. The number of rotatable bonds is 3. The smallest absolute Gasteiger partial charge is 0.340 e. The second-order valence-corrected chi connectivity index (χ2v) is 7.17. The first kappa shape index (κ1) is 19.3. The van der Waals surface area contributed by atoms with Gasteiger partial charge in [0.1, 0.15) is 29.5 Å². The van der Waals surface area contributed by atoms with E-state index in [9.17, 15) is 19.8 Å². The number of phenolic OH excluding ortho intramolecular Hbond substituents is 2. The Morgan fingerprint density at radius 2 is 1.88 bits per heavy atom. The van der Waals surface area contributed by atoms with Crippen molar-refractivity contribution in [1.82, 2.24) is 0 Å². The van der Waals surface area contributed by atoms with Gasteiger partial charge < -0.3 is 25.0 Å². The van der Waals surface area contributed by atoms with Gasteiger partial charge >= 0.3 is 5.97 Å². The highest BCUT2D eigenvalue weighted by Gasteiger charge is 2.54. The summed E-state index contributed by atoms with van der Waals surface area (Å²) in [6.07, 6.45) is 0. The Bertz CT molecular complexity index is 1360. The molecule has 158 valence electrons. The SMILES string of the molecule is [N-]=[N+]=NCC(=O)Nc1c(O)ccc2c1Oc1cc(O)ccc1C21OC(=O)c2ccccc21. The highest BCUT2D eigenvalue weighted by atomic mass is 16.6. The van der Waals surface area contributed by atoms with E-state index in [1.165, 1.54) is 18.2 Å². The number of esters is 1. The van der Waals surface area contributed by atoms with Gasteiger partial charge in [-0.05, 0) is 35.9 Å². The van der Waals surface area contributed by atoms with Gasteiger partial charge in [0, 0.05) is 22.1 Å². The maximum atomic E-state index is 12.8. The van der Waals surface area contributed by atoms with Gasteiger partial charge in [-0.1, -0.05) is 23.3 Å². The summed E-state index contributed by atoms with van der Waals surface area (Å²) < 4.78 is 11.9. The highest BCUT2D eigenvalue weighted by molar-refractivity contribution is 5.99. The molecule has 3 N–H and O–H groups in total. The average molecular weight is 430 g/mol. The molecule has 0 bridgehead atoms. The molecular weight excluding hydrogens is 416 g/mol. The number of nitrogens with one attached hydrogen (secondary N) is 1. The van der Waals surface area contributed by atoms with Crippen LogP contribution in [0.4, 0.5) is 5.69 Å². The molecule has 0 saturated heterocycles. The van der Waals surface area contributed by atoms with Crippen LogP contribution in [0.2, 0.25) is 0 Å². The lowest BCUT2D eigenvalue weighted by Crippen LogP contribution is -2.33. The topological polar surface area (TPSA) is 154 Å². The van der Waals surface area contributed by atoms with Crippen LogP contribution in [0.25, 0.3) is 10.4 Å². The maximum absolute atomic E-state index is 12.8. The first-order chi connectivity index (χ1) is 15.5. The van der Waals surface area contributed by atoms with Crippen molar-refractivity contribution in [3.05, 3.63) is 87.3 Å². The van der Waals surface area contributed by atoms with Gasteiger partial charge in [0.15, 0.2) is 11.4 Å². The van der Waals surface area contributed by atoms with Gasteiger partial charge in [0.25, 0.3) is 0 Å². The summed E-state index contributed by atoms with van der Waals surface area (Å²) in [6, 6.07) is 14.2. The number of azide groups is 1. The first-order valence-electron chi connectivity index (χ1n) is 9.47. The molecule has 1 unspecified atom stereocenters. The Morgan fingerprint density at radius 3 is 2.69 bits per heavy atom. The number of amides is 1. The van der Waals surface area contributed by atoms with Crippen molar-refractivity contribution < 1.29 is 29.3 Å². The van der Waals surface area contributed by atoms with Crippen LogP contribution in [-0.2, 0) is 15.1 Å². The fraction of sp³-hybridized carbons (Fsp3) is 0.0909. The zero-order chi connectivity index (χ0) is 22.5. The van der Waals surface area contributed by atoms with E-state index in [0.29, 0.717) is 22.3 Å². The quantitative estimate of drug-likeness (QED) is 0.188. The summed E-state index contributed by atoms with van der Waals surface area (Å²) >= 11 is 0. The molecule has 10 heteroatoms. The largest absolute Gasteiger partial charge is 0.508 e. The fourth-order valence-electron chi connectivity index (χ4n) is 4.11. The van der Waals surface area contributed by atoms with Crippen molar-refractivity contribution in [3.8, 4) is 23.0 Å². The molecule has 10 nitrogen and oxygen atoms in total. The lowest BCUT2D eigenvalue weighted by atomic mass is 9.77. The summed E-state index contributed by atoms with van der Waals surface area (Å²) in [5, 5.41) is 26.2. The molecule has 0 saturated carbocycles. The standard InChI is InChI=1S/C22H14N4O6/c23-26-24-10-18(29)25-19-16(28)8-7-15-20(19)31-17-9-11(27)5-6-14(17)22(15)13-4-2-1-3-12(13)21(30)32-22/h1-9,27-28H,10H2,(H,25,29). The van der Waals surface area contributed by atoms with E-state index in [0.717, 1.165) is 0 Å². The lowest BCUT2D eigenvalue weighted by molar-refractivity contribution is -0.114. The van der Waals surface area contributed by atoms with Crippen LogP contribution >= 0.6 is 0 Å². The molecule has 3 aromatic rings. The third kappa shape index (κ3) is 2.64. The number of carbonyl (C=O) groups is 2. The van der Waals surface area contributed by atoms with E-state index < -0.39 is 24.0 Å². The third-order valence-corrected chi connectivity index (χ3v) is 5.39. The Labute approximate surface area is 180 Å². The number of phenols is 2. The normalized spacial score (nSPS) is 17.3. The highest BCUT2D eigenvalue weighted by Crippen LogP contribution is 2.59. The predicted molar refractivity (Wildman–Crippen MR) is 111 cm³/mol. The molecule has 2 aliphatic heterocycles. The molecule has 0 aromatic heterocycles. The Morgan fingerprint density at radius 1 is 1.09 bits per heavy atom. The molecule has 2 heterocycles. The van der Waals surface area contributed by atoms with Crippen LogP contribution in [0.3, 0.4) is 0 Å². The fourth-order valence-corrected chi connectivity index (χ4v) is 4.11. The number of aromatic hydroxyl groups is 2. The number of anilines is 1. The molecule has 0 aliphatic carbocycles. The van der Waals surface area contributed by atoms with Crippen LogP contribution in [0, 0.1) is 0 Å². The van der Waals surface area contributed by atoms with Crippen molar-refractivity contribution in [2.75, 3.05) is 11.9 Å². The molecule has 5 rings (SSSR count). The minimum Gasteiger partial charge on any atom is -0.508 e. The molecule has 1 amide bonds. The predicted octanol–water partition coefficient (Wildman–Crippen LogP) is 3.91. The van der Waals surface area contributed by atoms with E-state index in [4.69, 9.17) is 15.0 Å². The van der Waals surface area contributed by atoms with Crippen LogP contribution in [0.1, 0.15) is 27.0 Å². The minimum atomic E-state index is -1.43. The first-order valence-corrected chi connectivity index (χ1v) is 9.47. The zero-order valence-electron chi connectivity index (χ0n) is 16.3. The van der Waals surface area contributed by atoms with E-state index in [2.05, 4.69) is 15.3 Å². The van der Waals surface area contributed by atoms with E-state index in [-0.39, 0.29) is 28.7 Å². The Kier molecular flexibility index (Phi) is 4.18. The van der Waals surface area contributed by atoms with E-state index in [1.54, 1.807) is 36.4 Å². The number of fused-ring (bicyclic) bond motifs is 6. The number of nitrogens with zero attached hydrogens (tertiary/aromatic N) is 3. The number of hydrogen-bond donors (Lipinski definition) is 3. The average Bonchev–Trinajstić information content (AvgIpc) is 3.07. The molecule has 3 aromatic carbocycles. The van der Waals surface area contributed by atoms with Crippen LogP contribution in [0.15, 0.2) is 59.7 Å². The van der Waals surface area contributed by atoms with Gasteiger partial charge in [-0.2, -0.15) is 0 Å². The van der Waals surface area contributed by atoms with Gasteiger partial charge in [0.2, 0.25) is 5.91 Å². The van der Waals surface area contributed by atoms with Crippen molar-refractivity contribution in [2.45, 2.75) is 5.60 Å². The van der Waals surface area contributed by atoms with E-state index in [1.807, 2.05) is 0 Å². The summed E-state index contributed by atoms with van der Waals surface area (Å²) in [6.45, 7) is -0.500. The number of ether oxygens (including phenoxy) is 2. The molecule has 0 radical (unpaired) electrons. The Balaban J connectivity index is 1.79. The molecule has 0 fully saturated rings.